The van der Waals surface area contributed by atoms with Crippen molar-refractivity contribution in [1.29, 1.82) is 0 Å². The third-order valence-corrected chi connectivity index (χ3v) is 6.10. The van der Waals surface area contributed by atoms with E-state index in [2.05, 4.69) is 36.8 Å². The Bertz CT molecular complexity index is 920. The van der Waals surface area contributed by atoms with Gasteiger partial charge in [0.1, 0.15) is 5.82 Å². The van der Waals surface area contributed by atoms with E-state index in [0.29, 0.717) is 15.2 Å². The summed E-state index contributed by atoms with van der Waals surface area (Å²) in [6.45, 7) is 1.94. The molecule has 2 aromatic carbocycles. The van der Waals surface area contributed by atoms with Gasteiger partial charge < -0.3 is 10.6 Å². The largest absolute Gasteiger partial charge is 0.349 e. The summed E-state index contributed by atoms with van der Waals surface area (Å²) in [4.78, 5) is 12.2. The molecule has 9 heteroatoms. The Kier molecular flexibility index (Phi) is 6.81. The molecular formula is C18H16BrFN4OS2. The van der Waals surface area contributed by atoms with E-state index >= 15 is 0 Å². The average Bonchev–Trinajstić information content (AvgIpc) is 3.10. The minimum Gasteiger partial charge on any atom is -0.349 e. The van der Waals surface area contributed by atoms with Gasteiger partial charge in [0.2, 0.25) is 11.0 Å². The van der Waals surface area contributed by atoms with E-state index in [4.69, 9.17) is 0 Å². The number of carbonyl (C=O) groups is 1. The van der Waals surface area contributed by atoms with E-state index in [1.165, 1.54) is 29.2 Å². The molecule has 5 nitrogen and oxygen atoms in total. The molecule has 140 valence electrons. The summed E-state index contributed by atoms with van der Waals surface area (Å²) in [6, 6.07) is 14.1. The van der Waals surface area contributed by atoms with E-state index < -0.39 is 0 Å². The highest BCUT2D eigenvalue weighted by Gasteiger charge is 2.12. The van der Waals surface area contributed by atoms with Crippen molar-refractivity contribution >= 4 is 55.8 Å². The molecule has 0 saturated heterocycles. The van der Waals surface area contributed by atoms with Crippen molar-refractivity contribution in [3.63, 3.8) is 0 Å². The zero-order valence-corrected chi connectivity index (χ0v) is 17.5. The van der Waals surface area contributed by atoms with Crippen LogP contribution in [0.3, 0.4) is 0 Å². The molecule has 1 unspecified atom stereocenters. The number of amides is 1. The molecule has 0 bridgehead atoms. The molecule has 1 amide bonds. The van der Waals surface area contributed by atoms with E-state index in [-0.39, 0.29) is 23.5 Å². The van der Waals surface area contributed by atoms with Gasteiger partial charge in [-0.1, -0.05) is 63.3 Å². The molecule has 0 spiro atoms. The van der Waals surface area contributed by atoms with Crippen LogP contribution in [0.15, 0.2) is 57.3 Å². The van der Waals surface area contributed by atoms with Crippen LogP contribution in [0.4, 0.5) is 15.2 Å². The highest BCUT2D eigenvalue weighted by molar-refractivity contribution is 9.10. The lowest BCUT2D eigenvalue weighted by Crippen LogP contribution is -2.28. The van der Waals surface area contributed by atoms with Gasteiger partial charge in [0.15, 0.2) is 4.34 Å². The Hall–Kier alpha value is -1.97. The maximum absolute atomic E-state index is 13.7. The van der Waals surface area contributed by atoms with Crippen LogP contribution in [-0.4, -0.2) is 21.9 Å². The molecule has 3 aromatic rings. The van der Waals surface area contributed by atoms with Crippen molar-refractivity contribution in [3.05, 3.63) is 64.4 Å². The van der Waals surface area contributed by atoms with Crippen LogP contribution in [0.25, 0.3) is 0 Å². The Morgan fingerprint density at radius 2 is 1.96 bits per heavy atom. The first-order chi connectivity index (χ1) is 13.0. The fraction of sp³-hybridized carbons (Fsp3) is 0.167. The number of nitrogens with zero attached hydrogens (tertiary/aromatic N) is 2. The zero-order valence-electron chi connectivity index (χ0n) is 14.3. The first kappa shape index (κ1) is 19.8. The van der Waals surface area contributed by atoms with Crippen LogP contribution >= 0.6 is 39.0 Å². The summed E-state index contributed by atoms with van der Waals surface area (Å²) in [5.74, 6) is -0.215. The van der Waals surface area contributed by atoms with Crippen LogP contribution < -0.4 is 10.6 Å². The van der Waals surface area contributed by atoms with Crippen molar-refractivity contribution < 1.29 is 9.18 Å². The quantitative estimate of drug-likeness (QED) is 0.471. The molecule has 3 rings (SSSR count). The molecule has 0 aliphatic carbocycles. The van der Waals surface area contributed by atoms with Gasteiger partial charge in [-0.25, -0.2) is 4.39 Å². The van der Waals surface area contributed by atoms with Gasteiger partial charge in [-0.05, 0) is 36.8 Å². The Morgan fingerprint density at radius 1 is 1.22 bits per heavy atom. The number of hydrogen-bond donors (Lipinski definition) is 2. The molecular weight excluding hydrogens is 451 g/mol. The van der Waals surface area contributed by atoms with Gasteiger partial charge in [-0.15, -0.1) is 10.2 Å². The van der Waals surface area contributed by atoms with E-state index in [1.807, 2.05) is 31.2 Å². The molecule has 1 heterocycles. The Balaban J connectivity index is 1.50. The van der Waals surface area contributed by atoms with Gasteiger partial charge in [0, 0.05) is 4.47 Å². The van der Waals surface area contributed by atoms with Crippen molar-refractivity contribution in [1.82, 2.24) is 15.5 Å². The fourth-order valence-corrected chi connectivity index (χ4v) is 4.08. The van der Waals surface area contributed by atoms with E-state index in [9.17, 15) is 9.18 Å². The molecule has 0 aliphatic rings. The molecule has 1 aromatic heterocycles. The molecule has 0 aliphatic heterocycles. The average molecular weight is 467 g/mol. The molecule has 27 heavy (non-hydrogen) atoms. The van der Waals surface area contributed by atoms with Crippen molar-refractivity contribution in [3.8, 4) is 0 Å². The predicted octanol–water partition coefficient (Wildman–Crippen LogP) is 5.15. The lowest BCUT2D eigenvalue weighted by Gasteiger charge is -2.14. The second-order valence-electron chi connectivity index (χ2n) is 5.61. The van der Waals surface area contributed by atoms with Crippen LogP contribution in [0.2, 0.25) is 0 Å². The summed E-state index contributed by atoms with van der Waals surface area (Å²) >= 11 is 5.96. The summed E-state index contributed by atoms with van der Waals surface area (Å²) < 4.78 is 15.3. The summed E-state index contributed by atoms with van der Waals surface area (Å²) in [6.07, 6.45) is 0. The first-order valence-electron chi connectivity index (χ1n) is 8.04. The second kappa shape index (κ2) is 9.29. The topological polar surface area (TPSA) is 66.9 Å². The third-order valence-electron chi connectivity index (χ3n) is 3.60. The number of benzene rings is 2. The maximum Gasteiger partial charge on any atom is 0.230 e. The number of halogens is 2. The zero-order chi connectivity index (χ0) is 19.2. The highest BCUT2D eigenvalue weighted by Crippen LogP contribution is 2.28. The van der Waals surface area contributed by atoms with Crippen LogP contribution in [0, 0.1) is 5.82 Å². The number of anilines is 2. The van der Waals surface area contributed by atoms with Crippen molar-refractivity contribution in [2.24, 2.45) is 0 Å². The summed E-state index contributed by atoms with van der Waals surface area (Å²) in [5, 5.41) is 14.3. The smallest absolute Gasteiger partial charge is 0.230 e. The van der Waals surface area contributed by atoms with Crippen molar-refractivity contribution in [2.75, 3.05) is 11.1 Å². The van der Waals surface area contributed by atoms with Crippen molar-refractivity contribution in [2.45, 2.75) is 17.3 Å². The monoisotopic (exact) mass is 466 g/mol. The van der Waals surface area contributed by atoms with Gasteiger partial charge >= 0.3 is 0 Å². The van der Waals surface area contributed by atoms with Crippen LogP contribution in [0.5, 0.6) is 0 Å². The molecule has 0 fully saturated rings. The standard InChI is InChI=1S/C18H16BrFN4OS2/c1-11(12-6-8-13(19)9-7-12)21-16(25)10-26-18-24-23-17(27-18)22-15-5-3-2-4-14(15)20/h2-9,11H,10H2,1H3,(H,21,25)(H,22,23). The lowest BCUT2D eigenvalue weighted by atomic mass is 10.1. The summed E-state index contributed by atoms with van der Waals surface area (Å²) in [5.41, 5.74) is 1.37. The summed E-state index contributed by atoms with van der Waals surface area (Å²) in [7, 11) is 0. The van der Waals surface area contributed by atoms with Gasteiger partial charge in [-0.2, -0.15) is 0 Å². The third kappa shape index (κ3) is 5.75. The number of carbonyl (C=O) groups excluding carboxylic acids is 1. The Morgan fingerprint density at radius 3 is 2.70 bits per heavy atom. The van der Waals surface area contributed by atoms with E-state index in [0.717, 1.165) is 10.0 Å². The highest BCUT2D eigenvalue weighted by atomic mass is 79.9. The Labute approximate surface area is 172 Å². The van der Waals surface area contributed by atoms with Gasteiger partial charge in [-0.3, -0.25) is 4.79 Å². The van der Waals surface area contributed by atoms with Gasteiger partial charge in [0.05, 0.1) is 17.5 Å². The molecule has 1 atom stereocenters. The number of thioether (sulfide) groups is 1. The van der Waals surface area contributed by atoms with E-state index in [1.54, 1.807) is 18.2 Å². The minimum atomic E-state index is -0.358. The fourth-order valence-electron chi connectivity index (χ4n) is 2.24. The predicted molar refractivity (Wildman–Crippen MR) is 111 cm³/mol. The normalized spacial score (nSPS) is 11.8. The number of nitrogens with one attached hydrogen (secondary N) is 2. The van der Waals surface area contributed by atoms with Crippen LogP contribution in [-0.2, 0) is 4.79 Å². The minimum absolute atomic E-state index is 0.0843. The SMILES string of the molecule is CC(NC(=O)CSc1nnc(Nc2ccccc2F)s1)c1ccc(Br)cc1. The van der Waals surface area contributed by atoms with Crippen LogP contribution in [0.1, 0.15) is 18.5 Å². The van der Waals surface area contributed by atoms with Gasteiger partial charge in [0.25, 0.3) is 0 Å². The molecule has 0 saturated carbocycles. The number of hydrogen-bond acceptors (Lipinski definition) is 6. The second-order valence-corrected chi connectivity index (χ2v) is 8.72. The number of aromatic nitrogens is 2. The maximum atomic E-state index is 13.7. The molecule has 0 radical (unpaired) electrons. The molecule has 2 N–H and O–H groups in total. The first-order valence-corrected chi connectivity index (χ1v) is 10.6. The number of rotatable bonds is 7. The lowest BCUT2D eigenvalue weighted by molar-refractivity contribution is -0.119. The number of para-hydroxylation sites is 1.